The average molecular weight is 307 g/mol. The minimum Gasteiger partial charge on any atom is -0.378 e. The maximum absolute atomic E-state index is 6.34. The van der Waals surface area contributed by atoms with Gasteiger partial charge in [0.1, 0.15) is 5.82 Å². The third-order valence-electron chi connectivity index (χ3n) is 4.31. The number of benzene rings is 1. The van der Waals surface area contributed by atoms with Crippen LogP contribution in [-0.2, 0) is 11.3 Å². The van der Waals surface area contributed by atoms with E-state index in [0.717, 1.165) is 30.9 Å². The van der Waals surface area contributed by atoms with Crippen LogP contribution in [-0.4, -0.2) is 22.3 Å². The fourth-order valence-corrected chi connectivity index (χ4v) is 3.32. The van der Waals surface area contributed by atoms with E-state index in [2.05, 4.69) is 29.7 Å². The Balaban J connectivity index is 1.88. The molecule has 0 amide bonds. The van der Waals surface area contributed by atoms with E-state index in [1.165, 1.54) is 30.3 Å². The highest BCUT2D eigenvalue weighted by Gasteiger charge is 2.18. The first kappa shape index (κ1) is 14.9. The van der Waals surface area contributed by atoms with Crippen LogP contribution >= 0.6 is 11.6 Å². The molecule has 0 saturated carbocycles. The molecule has 3 rings (SSSR count). The van der Waals surface area contributed by atoms with E-state index in [1.54, 1.807) is 0 Å². The first-order valence-corrected chi connectivity index (χ1v) is 8.32. The van der Waals surface area contributed by atoms with Gasteiger partial charge in [-0.1, -0.05) is 12.1 Å². The molecule has 114 valence electrons. The summed E-state index contributed by atoms with van der Waals surface area (Å²) in [6.07, 6.45) is 5.09. The van der Waals surface area contributed by atoms with Crippen LogP contribution in [0, 0.1) is 6.92 Å². The van der Waals surface area contributed by atoms with Crippen LogP contribution in [0.5, 0.6) is 0 Å². The number of halogens is 1. The van der Waals surface area contributed by atoms with E-state index in [0.29, 0.717) is 6.10 Å². The fraction of sp³-hybridized carbons (Fsp3) is 0.588. The summed E-state index contributed by atoms with van der Waals surface area (Å²) in [7, 11) is 0. The van der Waals surface area contributed by atoms with Gasteiger partial charge < -0.3 is 9.30 Å². The molecule has 4 heteroatoms. The molecule has 1 saturated heterocycles. The fourth-order valence-electron chi connectivity index (χ4n) is 3.15. The molecule has 21 heavy (non-hydrogen) atoms. The van der Waals surface area contributed by atoms with Crippen LogP contribution in [0.2, 0.25) is 0 Å². The lowest BCUT2D eigenvalue weighted by atomic mass is 10.1. The minimum atomic E-state index is -0.0796. The molecule has 2 heterocycles. The van der Waals surface area contributed by atoms with Crippen LogP contribution in [0.1, 0.15) is 49.4 Å². The summed E-state index contributed by atoms with van der Waals surface area (Å²) in [5, 5.41) is -0.0796. The Hall–Kier alpha value is -1.06. The third kappa shape index (κ3) is 3.09. The van der Waals surface area contributed by atoms with Crippen LogP contribution in [0.25, 0.3) is 11.0 Å². The van der Waals surface area contributed by atoms with Crippen molar-refractivity contribution in [3.05, 3.63) is 29.6 Å². The van der Waals surface area contributed by atoms with Gasteiger partial charge in [-0.25, -0.2) is 4.98 Å². The molecule has 2 unspecified atom stereocenters. The maximum atomic E-state index is 6.34. The van der Waals surface area contributed by atoms with Crippen molar-refractivity contribution in [3.8, 4) is 0 Å². The van der Waals surface area contributed by atoms with Gasteiger partial charge in [0, 0.05) is 13.2 Å². The Labute approximate surface area is 131 Å². The quantitative estimate of drug-likeness (QED) is 0.772. The zero-order valence-electron chi connectivity index (χ0n) is 12.8. The topological polar surface area (TPSA) is 27.1 Å². The molecule has 0 radical (unpaired) electrons. The lowest BCUT2D eigenvalue weighted by molar-refractivity contribution is 0.00886. The minimum absolute atomic E-state index is 0.0796. The number of aryl methyl sites for hydroxylation is 2. The molecule has 1 aromatic carbocycles. The molecule has 0 aliphatic carbocycles. The zero-order valence-corrected chi connectivity index (χ0v) is 13.6. The number of fused-ring (bicyclic) bond motifs is 1. The molecule has 2 atom stereocenters. The highest BCUT2D eigenvalue weighted by Crippen LogP contribution is 2.27. The average Bonchev–Trinajstić information content (AvgIpc) is 2.87. The number of aromatic nitrogens is 2. The lowest BCUT2D eigenvalue weighted by Crippen LogP contribution is -2.21. The number of rotatable bonds is 4. The number of alkyl halides is 1. The van der Waals surface area contributed by atoms with Crippen molar-refractivity contribution in [1.29, 1.82) is 0 Å². The molecule has 0 spiro atoms. The zero-order chi connectivity index (χ0) is 14.8. The van der Waals surface area contributed by atoms with Gasteiger partial charge in [0.15, 0.2) is 0 Å². The van der Waals surface area contributed by atoms with Crippen LogP contribution < -0.4 is 0 Å². The summed E-state index contributed by atoms with van der Waals surface area (Å²) in [4.78, 5) is 4.77. The second-order valence-electron chi connectivity index (χ2n) is 5.96. The van der Waals surface area contributed by atoms with Crippen molar-refractivity contribution in [1.82, 2.24) is 9.55 Å². The number of ether oxygens (including phenoxy) is 1. The number of hydrogen-bond acceptors (Lipinski definition) is 2. The monoisotopic (exact) mass is 306 g/mol. The number of hydrogen-bond donors (Lipinski definition) is 0. The molecule has 3 nitrogen and oxygen atoms in total. The number of imidazole rings is 1. The summed E-state index contributed by atoms with van der Waals surface area (Å²) in [6, 6.07) is 6.34. The van der Waals surface area contributed by atoms with Crippen molar-refractivity contribution in [2.75, 3.05) is 6.61 Å². The highest BCUT2D eigenvalue weighted by atomic mass is 35.5. The Morgan fingerprint density at radius 1 is 1.43 bits per heavy atom. The van der Waals surface area contributed by atoms with Crippen molar-refractivity contribution >= 4 is 22.6 Å². The summed E-state index contributed by atoms with van der Waals surface area (Å²) >= 11 is 6.34. The first-order chi connectivity index (χ1) is 10.2. The van der Waals surface area contributed by atoms with Gasteiger partial charge in [0.2, 0.25) is 0 Å². The summed E-state index contributed by atoms with van der Waals surface area (Å²) in [6.45, 7) is 5.93. The Morgan fingerprint density at radius 3 is 3.00 bits per heavy atom. The van der Waals surface area contributed by atoms with Crippen molar-refractivity contribution < 1.29 is 4.74 Å². The van der Waals surface area contributed by atoms with Gasteiger partial charge in [-0.05, 0) is 51.2 Å². The van der Waals surface area contributed by atoms with E-state index in [1.807, 2.05) is 6.92 Å². The normalized spacial score (nSPS) is 20.8. The molecule has 1 aliphatic heterocycles. The van der Waals surface area contributed by atoms with E-state index in [-0.39, 0.29) is 5.38 Å². The van der Waals surface area contributed by atoms with Crippen molar-refractivity contribution in [2.24, 2.45) is 0 Å². The number of nitrogens with zero attached hydrogens (tertiary/aromatic N) is 2. The Kier molecular flexibility index (Phi) is 4.51. The van der Waals surface area contributed by atoms with Crippen LogP contribution in [0.15, 0.2) is 18.2 Å². The predicted molar refractivity (Wildman–Crippen MR) is 86.9 cm³/mol. The van der Waals surface area contributed by atoms with Gasteiger partial charge >= 0.3 is 0 Å². The van der Waals surface area contributed by atoms with Gasteiger partial charge in [-0.2, -0.15) is 0 Å². The molecular formula is C17H23ClN2O. The largest absolute Gasteiger partial charge is 0.378 e. The standard InChI is InChI=1S/C17H23ClN2O/c1-12-6-5-8-15-16(12)19-17(13(2)18)20(15)10-9-14-7-3-4-11-21-14/h5-6,8,13-14H,3-4,7,9-11H2,1-2H3. The summed E-state index contributed by atoms with van der Waals surface area (Å²) in [5.74, 6) is 0.969. The summed E-state index contributed by atoms with van der Waals surface area (Å²) in [5.41, 5.74) is 3.47. The van der Waals surface area contributed by atoms with Crippen LogP contribution in [0.3, 0.4) is 0 Å². The van der Waals surface area contributed by atoms with E-state index < -0.39 is 0 Å². The smallest absolute Gasteiger partial charge is 0.127 e. The summed E-state index contributed by atoms with van der Waals surface area (Å²) < 4.78 is 8.12. The van der Waals surface area contributed by atoms with Crippen LogP contribution in [0.4, 0.5) is 0 Å². The molecule has 0 N–H and O–H groups in total. The maximum Gasteiger partial charge on any atom is 0.127 e. The van der Waals surface area contributed by atoms with Gasteiger partial charge in [-0.3, -0.25) is 0 Å². The second-order valence-corrected chi connectivity index (χ2v) is 6.61. The Bertz CT molecular complexity index is 615. The molecule has 1 aliphatic rings. The van der Waals surface area contributed by atoms with Crippen molar-refractivity contribution in [2.45, 2.75) is 57.6 Å². The molecule has 0 bridgehead atoms. The number of para-hydroxylation sites is 1. The van der Waals surface area contributed by atoms with E-state index in [9.17, 15) is 0 Å². The highest BCUT2D eigenvalue weighted by molar-refractivity contribution is 6.20. The predicted octanol–water partition coefficient (Wildman–Crippen LogP) is 4.60. The SMILES string of the molecule is Cc1cccc2c1nc(C(C)Cl)n2CCC1CCCCO1. The molecule has 2 aromatic rings. The first-order valence-electron chi connectivity index (χ1n) is 7.88. The van der Waals surface area contributed by atoms with Gasteiger partial charge in [-0.15, -0.1) is 11.6 Å². The second kappa shape index (κ2) is 6.37. The molecule has 1 aromatic heterocycles. The molecular weight excluding hydrogens is 284 g/mol. The van der Waals surface area contributed by atoms with E-state index in [4.69, 9.17) is 21.3 Å². The third-order valence-corrected chi connectivity index (χ3v) is 4.51. The van der Waals surface area contributed by atoms with Gasteiger partial charge in [0.25, 0.3) is 0 Å². The van der Waals surface area contributed by atoms with Crippen molar-refractivity contribution in [3.63, 3.8) is 0 Å². The van der Waals surface area contributed by atoms with Gasteiger partial charge in [0.05, 0.1) is 22.5 Å². The van der Waals surface area contributed by atoms with E-state index >= 15 is 0 Å². The lowest BCUT2D eigenvalue weighted by Gasteiger charge is -2.23. The molecule has 1 fully saturated rings. The Morgan fingerprint density at radius 2 is 2.29 bits per heavy atom.